The van der Waals surface area contributed by atoms with E-state index in [1.165, 1.54) is 0 Å². The van der Waals surface area contributed by atoms with Gasteiger partial charge in [0.1, 0.15) is 0 Å². The fraction of sp³-hybridized carbons (Fsp3) is 0.400. The van der Waals surface area contributed by atoms with Gasteiger partial charge in [0.15, 0.2) is 0 Å². The van der Waals surface area contributed by atoms with E-state index in [4.69, 9.17) is 0 Å². The van der Waals surface area contributed by atoms with Crippen LogP contribution in [0.2, 0.25) is 0 Å². The summed E-state index contributed by atoms with van der Waals surface area (Å²) < 4.78 is 0. The van der Waals surface area contributed by atoms with Gasteiger partial charge in [0.2, 0.25) is 0 Å². The van der Waals surface area contributed by atoms with Gasteiger partial charge >= 0.3 is 0 Å². The van der Waals surface area contributed by atoms with Crippen molar-refractivity contribution >= 4 is 5.69 Å². The second-order valence-electron chi connectivity index (χ2n) is 2.76. The Morgan fingerprint density at radius 1 is 1.17 bits per heavy atom. The van der Waals surface area contributed by atoms with Crippen molar-refractivity contribution in [2.45, 2.75) is 26.7 Å². The van der Waals surface area contributed by atoms with Crippen molar-refractivity contribution < 1.29 is 0 Å². The number of nitrogens with one attached hydrogen (secondary N) is 1. The molecule has 66 valence electrons. The molecule has 0 spiro atoms. The molecule has 1 N–H and O–H groups in total. The highest BCUT2D eigenvalue weighted by Gasteiger charge is 2.00. The van der Waals surface area contributed by atoms with Crippen molar-refractivity contribution in [3.05, 3.63) is 34.5 Å². The van der Waals surface area contributed by atoms with E-state index in [0.29, 0.717) is 0 Å². The number of para-hydroxylation sites is 1. The van der Waals surface area contributed by atoms with Gasteiger partial charge in [-0.3, -0.25) is 0 Å². The van der Waals surface area contributed by atoms with Crippen molar-refractivity contribution in [2.24, 2.45) is 0 Å². The van der Waals surface area contributed by atoms with Crippen molar-refractivity contribution in [2.75, 3.05) is 5.48 Å². The van der Waals surface area contributed by atoms with Crippen LogP contribution in [0, 0.1) is 5.21 Å². The molecule has 0 aliphatic carbocycles. The van der Waals surface area contributed by atoms with Gasteiger partial charge in [0.05, 0.1) is 0 Å². The monoisotopic (exact) mass is 164 g/mol. The lowest BCUT2D eigenvalue weighted by Gasteiger charge is -2.17. The van der Waals surface area contributed by atoms with E-state index in [1.807, 2.05) is 23.7 Å². The van der Waals surface area contributed by atoms with Crippen LogP contribution in [0.1, 0.15) is 25.0 Å². The predicted octanol–water partition coefficient (Wildman–Crippen LogP) is 2.72. The van der Waals surface area contributed by atoms with Gasteiger partial charge in [-0.15, -0.1) is 0 Å². The maximum atomic E-state index is 10.6. The van der Waals surface area contributed by atoms with Crippen LogP contribution in [0.3, 0.4) is 0 Å². The molecular formula is C10H14NO-. The molecule has 0 aromatic heterocycles. The summed E-state index contributed by atoms with van der Waals surface area (Å²) in [5, 5.41) is 10.6. The van der Waals surface area contributed by atoms with E-state index < -0.39 is 0 Å². The first-order valence-electron chi connectivity index (χ1n) is 4.32. The van der Waals surface area contributed by atoms with Crippen molar-refractivity contribution in [1.82, 2.24) is 0 Å². The molecule has 0 saturated heterocycles. The SMILES string of the molecule is CCc1cccc(CC)c1N[O-]. The van der Waals surface area contributed by atoms with Crippen molar-refractivity contribution in [1.29, 1.82) is 0 Å². The molecule has 0 unspecified atom stereocenters. The predicted molar refractivity (Wildman–Crippen MR) is 52.2 cm³/mol. The Bertz CT molecular complexity index is 236. The molecule has 0 heterocycles. The zero-order chi connectivity index (χ0) is 8.97. The molecule has 0 atom stereocenters. The van der Waals surface area contributed by atoms with E-state index in [9.17, 15) is 5.21 Å². The summed E-state index contributed by atoms with van der Waals surface area (Å²) in [5.74, 6) is 0. The standard InChI is InChI=1S/C10H14NO/c1-3-8-6-5-7-9(4-2)10(8)11-12/h5-7,11H,3-4H2,1-2H3/q-1. The molecule has 0 radical (unpaired) electrons. The number of benzene rings is 1. The number of anilines is 1. The molecule has 0 fully saturated rings. The van der Waals surface area contributed by atoms with Gasteiger partial charge in [0.25, 0.3) is 0 Å². The lowest BCUT2D eigenvalue weighted by atomic mass is 10.0. The van der Waals surface area contributed by atoms with Crippen LogP contribution in [0.5, 0.6) is 0 Å². The first-order valence-corrected chi connectivity index (χ1v) is 4.32. The Kier molecular flexibility index (Phi) is 3.11. The third-order valence-corrected chi connectivity index (χ3v) is 2.10. The first-order chi connectivity index (χ1) is 5.83. The fourth-order valence-electron chi connectivity index (χ4n) is 1.37. The van der Waals surface area contributed by atoms with Crippen molar-refractivity contribution in [3.8, 4) is 0 Å². The van der Waals surface area contributed by atoms with Crippen LogP contribution in [0.25, 0.3) is 0 Å². The third-order valence-electron chi connectivity index (χ3n) is 2.10. The molecule has 1 aromatic rings. The van der Waals surface area contributed by atoms with Crippen LogP contribution in [0.15, 0.2) is 18.2 Å². The topological polar surface area (TPSA) is 35.1 Å². The summed E-state index contributed by atoms with van der Waals surface area (Å²) in [6.45, 7) is 4.10. The Balaban J connectivity index is 3.13. The van der Waals surface area contributed by atoms with Crippen LogP contribution >= 0.6 is 0 Å². The Labute approximate surface area is 73.2 Å². The summed E-state index contributed by atoms with van der Waals surface area (Å²) in [6, 6.07) is 5.97. The van der Waals surface area contributed by atoms with E-state index in [-0.39, 0.29) is 0 Å². The molecule has 0 saturated carbocycles. The quantitative estimate of drug-likeness (QED) is 0.697. The second-order valence-corrected chi connectivity index (χ2v) is 2.76. The molecule has 0 aliphatic rings. The molecule has 0 aliphatic heterocycles. The number of hydrogen-bond donors (Lipinski definition) is 1. The van der Waals surface area contributed by atoms with Crippen LogP contribution in [0.4, 0.5) is 5.69 Å². The van der Waals surface area contributed by atoms with Crippen LogP contribution < -0.4 is 5.48 Å². The summed E-state index contributed by atoms with van der Waals surface area (Å²) >= 11 is 0. The average Bonchev–Trinajstić information content (AvgIpc) is 2.16. The van der Waals surface area contributed by atoms with E-state index in [1.54, 1.807) is 0 Å². The summed E-state index contributed by atoms with van der Waals surface area (Å²) in [4.78, 5) is 0. The van der Waals surface area contributed by atoms with Gasteiger partial charge < -0.3 is 10.7 Å². The summed E-state index contributed by atoms with van der Waals surface area (Å²) in [6.07, 6.45) is 1.80. The van der Waals surface area contributed by atoms with E-state index >= 15 is 0 Å². The van der Waals surface area contributed by atoms with Crippen LogP contribution in [-0.2, 0) is 12.8 Å². The molecule has 0 amide bonds. The third kappa shape index (κ3) is 1.59. The molecule has 1 rings (SSSR count). The average molecular weight is 164 g/mol. The molecule has 1 aromatic carbocycles. The summed E-state index contributed by atoms with van der Waals surface area (Å²) in [7, 11) is 0. The largest absolute Gasteiger partial charge is 0.761 e. The van der Waals surface area contributed by atoms with E-state index in [2.05, 4.69) is 13.8 Å². The highest BCUT2D eigenvalue weighted by atomic mass is 16.5. The molecule has 2 nitrogen and oxygen atoms in total. The Morgan fingerprint density at radius 2 is 1.67 bits per heavy atom. The molecule has 2 heteroatoms. The normalized spacial score (nSPS) is 9.92. The summed E-state index contributed by atoms with van der Waals surface area (Å²) in [5.41, 5.74) is 4.98. The van der Waals surface area contributed by atoms with E-state index in [0.717, 1.165) is 29.7 Å². The second kappa shape index (κ2) is 4.12. The Hall–Kier alpha value is -1.02. The van der Waals surface area contributed by atoms with Gasteiger partial charge in [-0.25, -0.2) is 0 Å². The zero-order valence-corrected chi connectivity index (χ0v) is 7.55. The molecular weight excluding hydrogens is 150 g/mol. The number of hydrogen-bond acceptors (Lipinski definition) is 2. The van der Waals surface area contributed by atoms with Gasteiger partial charge in [-0.05, 0) is 24.0 Å². The van der Waals surface area contributed by atoms with Crippen LogP contribution in [-0.4, -0.2) is 0 Å². The first kappa shape index (κ1) is 9.07. The van der Waals surface area contributed by atoms with Gasteiger partial charge in [0, 0.05) is 5.69 Å². The lowest BCUT2D eigenvalue weighted by Crippen LogP contribution is -1.97. The minimum Gasteiger partial charge on any atom is -0.761 e. The fourth-order valence-corrected chi connectivity index (χ4v) is 1.37. The van der Waals surface area contributed by atoms with Crippen molar-refractivity contribution in [3.63, 3.8) is 0 Å². The maximum absolute atomic E-state index is 10.6. The smallest absolute Gasteiger partial charge is 0.0298 e. The zero-order valence-electron chi connectivity index (χ0n) is 7.55. The highest BCUT2D eigenvalue weighted by molar-refractivity contribution is 5.58. The molecule has 0 bridgehead atoms. The number of aryl methyl sites for hydroxylation is 2. The lowest BCUT2D eigenvalue weighted by molar-refractivity contribution is 1.09. The number of rotatable bonds is 3. The Morgan fingerprint density at radius 3 is 2.00 bits per heavy atom. The maximum Gasteiger partial charge on any atom is 0.0298 e. The highest BCUT2D eigenvalue weighted by Crippen LogP contribution is 2.21. The van der Waals surface area contributed by atoms with Gasteiger partial charge in [-0.2, -0.15) is 0 Å². The minimum atomic E-state index is 0.766. The molecule has 12 heavy (non-hydrogen) atoms. The van der Waals surface area contributed by atoms with Gasteiger partial charge in [-0.1, -0.05) is 32.0 Å². The minimum absolute atomic E-state index is 0.766.